The Bertz CT molecular complexity index is 471. The van der Waals surface area contributed by atoms with Crippen LogP contribution in [-0.2, 0) is 0 Å². The molecular formula is C11H10FN3. The van der Waals surface area contributed by atoms with E-state index in [-0.39, 0.29) is 5.82 Å². The quantitative estimate of drug-likeness (QED) is 0.813. The fraction of sp³-hybridized carbons (Fsp3) is 0.0909. The van der Waals surface area contributed by atoms with Gasteiger partial charge in [-0.1, -0.05) is 12.1 Å². The average Bonchev–Trinajstić information content (AvgIpc) is 2.29. The molecule has 0 aliphatic carbocycles. The minimum Gasteiger partial charge on any atom is -0.372 e. The van der Waals surface area contributed by atoms with E-state index in [0.29, 0.717) is 11.5 Å². The average molecular weight is 203 g/mol. The SMILES string of the molecule is CNc1cncc(-c2cccc(F)c2)n1. The zero-order valence-corrected chi connectivity index (χ0v) is 8.24. The van der Waals surface area contributed by atoms with Crippen molar-refractivity contribution in [1.82, 2.24) is 9.97 Å². The number of aromatic nitrogens is 2. The largest absolute Gasteiger partial charge is 0.372 e. The molecule has 0 radical (unpaired) electrons. The number of hydrogen-bond donors (Lipinski definition) is 1. The van der Waals surface area contributed by atoms with Crippen LogP contribution in [0.4, 0.5) is 10.2 Å². The van der Waals surface area contributed by atoms with E-state index in [9.17, 15) is 4.39 Å². The summed E-state index contributed by atoms with van der Waals surface area (Å²) in [4.78, 5) is 8.28. The fourth-order valence-corrected chi connectivity index (χ4v) is 1.27. The summed E-state index contributed by atoms with van der Waals surface area (Å²) in [6.07, 6.45) is 3.22. The molecule has 0 saturated carbocycles. The van der Waals surface area contributed by atoms with Crippen molar-refractivity contribution in [2.45, 2.75) is 0 Å². The van der Waals surface area contributed by atoms with E-state index < -0.39 is 0 Å². The highest BCUT2D eigenvalue weighted by atomic mass is 19.1. The van der Waals surface area contributed by atoms with Gasteiger partial charge in [0.25, 0.3) is 0 Å². The number of nitrogens with one attached hydrogen (secondary N) is 1. The van der Waals surface area contributed by atoms with Gasteiger partial charge in [-0.05, 0) is 12.1 Å². The number of halogens is 1. The van der Waals surface area contributed by atoms with Crippen molar-refractivity contribution in [2.75, 3.05) is 12.4 Å². The molecule has 0 amide bonds. The molecule has 4 heteroatoms. The first kappa shape index (κ1) is 9.58. The summed E-state index contributed by atoms with van der Waals surface area (Å²) >= 11 is 0. The first-order chi connectivity index (χ1) is 7.29. The van der Waals surface area contributed by atoms with Crippen molar-refractivity contribution < 1.29 is 4.39 Å². The van der Waals surface area contributed by atoms with Crippen LogP contribution in [0.3, 0.4) is 0 Å². The Morgan fingerprint density at radius 1 is 1.27 bits per heavy atom. The molecule has 0 atom stereocenters. The molecule has 0 aliphatic rings. The second-order valence-electron chi connectivity index (χ2n) is 3.05. The molecule has 1 N–H and O–H groups in total. The lowest BCUT2D eigenvalue weighted by Crippen LogP contribution is -1.95. The summed E-state index contributed by atoms with van der Waals surface area (Å²) in [5.41, 5.74) is 1.38. The van der Waals surface area contributed by atoms with Crippen molar-refractivity contribution in [3.05, 3.63) is 42.5 Å². The molecule has 2 rings (SSSR count). The summed E-state index contributed by atoms with van der Waals surface area (Å²) in [5, 5.41) is 2.88. The van der Waals surface area contributed by atoms with Gasteiger partial charge in [0, 0.05) is 12.6 Å². The Balaban J connectivity index is 2.44. The lowest BCUT2D eigenvalue weighted by Gasteiger charge is -2.03. The minimum absolute atomic E-state index is 0.274. The Labute approximate surface area is 87.0 Å². The molecule has 3 nitrogen and oxygen atoms in total. The molecule has 15 heavy (non-hydrogen) atoms. The highest BCUT2D eigenvalue weighted by molar-refractivity contribution is 5.59. The molecule has 0 aliphatic heterocycles. The number of nitrogens with zero attached hydrogens (tertiary/aromatic N) is 2. The number of benzene rings is 1. The molecule has 0 bridgehead atoms. The highest BCUT2D eigenvalue weighted by Crippen LogP contribution is 2.17. The molecule has 1 heterocycles. The third-order valence-corrected chi connectivity index (χ3v) is 2.01. The second-order valence-corrected chi connectivity index (χ2v) is 3.05. The fourth-order valence-electron chi connectivity index (χ4n) is 1.27. The van der Waals surface area contributed by atoms with Crippen LogP contribution in [0.15, 0.2) is 36.7 Å². The van der Waals surface area contributed by atoms with Crippen LogP contribution in [0, 0.1) is 5.82 Å². The van der Waals surface area contributed by atoms with E-state index in [2.05, 4.69) is 15.3 Å². The standard InChI is InChI=1S/C11H10FN3/c1-13-11-7-14-6-10(15-11)8-3-2-4-9(12)5-8/h2-7H,1H3,(H,13,15). The zero-order chi connectivity index (χ0) is 10.7. The summed E-state index contributed by atoms with van der Waals surface area (Å²) < 4.78 is 13.0. The number of anilines is 1. The third-order valence-electron chi connectivity index (χ3n) is 2.01. The first-order valence-electron chi connectivity index (χ1n) is 4.55. The molecule has 1 aromatic carbocycles. The van der Waals surface area contributed by atoms with Gasteiger partial charge in [0.1, 0.15) is 11.6 Å². The van der Waals surface area contributed by atoms with Crippen LogP contribution < -0.4 is 5.32 Å². The molecule has 2 aromatic rings. The third kappa shape index (κ3) is 2.10. The van der Waals surface area contributed by atoms with E-state index >= 15 is 0 Å². The summed E-state index contributed by atoms with van der Waals surface area (Å²) in [7, 11) is 1.76. The van der Waals surface area contributed by atoms with Gasteiger partial charge in [0.2, 0.25) is 0 Å². The number of rotatable bonds is 2. The highest BCUT2D eigenvalue weighted by Gasteiger charge is 2.01. The van der Waals surface area contributed by atoms with Gasteiger partial charge in [-0.2, -0.15) is 0 Å². The Kier molecular flexibility index (Phi) is 2.58. The van der Waals surface area contributed by atoms with E-state index in [1.54, 1.807) is 31.6 Å². The maximum atomic E-state index is 13.0. The molecule has 76 valence electrons. The molecule has 0 saturated heterocycles. The molecular weight excluding hydrogens is 193 g/mol. The van der Waals surface area contributed by atoms with Crippen molar-refractivity contribution in [1.29, 1.82) is 0 Å². The lowest BCUT2D eigenvalue weighted by atomic mass is 10.1. The monoisotopic (exact) mass is 203 g/mol. The number of hydrogen-bond acceptors (Lipinski definition) is 3. The lowest BCUT2D eigenvalue weighted by molar-refractivity contribution is 0.628. The Morgan fingerprint density at radius 2 is 2.13 bits per heavy atom. The smallest absolute Gasteiger partial charge is 0.144 e. The van der Waals surface area contributed by atoms with Crippen LogP contribution in [-0.4, -0.2) is 17.0 Å². The molecule has 0 spiro atoms. The van der Waals surface area contributed by atoms with Gasteiger partial charge in [-0.25, -0.2) is 9.37 Å². The maximum Gasteiger partial charge on any atom is 0.144 e. The first-order valence-corrected chi connectivity index (χ1v) is 4.55. The summed E-state index contributed by atoms with van der Waals surface area (Å²) in [6.45, 7) is 0. The van der Waals surface area contributed by atoms with Crippen LogP contribution >= 0.6 is 0 Å². The van der Waals surface area contributed by atoms with Crippen molar-refractivity contribution >= 4 is 5.82 Å². The Hall–Kier alpha value is -1.97. The van der Waals surface area contributed by atoms with Crippen molar-refractivity contribution in [3.63, 3.8) is 0 Å². The van der Waals surface area contributed by atoms with Crippen molar-refractivity contribution in [3.8, 4) is 11.3 Å². The van der Waals surface area contributed by atoms with Crippen LogP contribution in [0.25, 0.3) is 11.3 Å². The van der Waals surface area contributed by atoms with E-state index in [0.717, 1.165) is 5.56 Å². The van der Waals surface area contributed by atoms with Gasteiger partial charge in [0.05, 0.1) is 18.1 Å². The predicted octanol–water partition coefficient (Wildman–Crippen LogP) is 2.32. The topological polar surface area (TPSA) is 37.8 Å². The summed E-state index contributed by atoms with van der Waals surface area (Å²) in [5.74, 6) is 0.390. The van der Waals surface area contributed by atoms with Gasteiger partial charge in [-0.15, -0.1) is 0 Å². The molecule has 0 fully saturated rings. The van der Waals surface area contributed by atoms with Gasteiger partial charge >= 0.3 is 0 Å². The zero-order valence-electron chi connectivity index (χ0n) is 8.24. The second kappa shape index (κ2) is 4.04. The van der Waals surface area contributed by atoms with Gasteiger partial charge in [0.15, 0.2) is 0 Å². The predicted molar refractivity (Wildman–Crippen MR) is 57.0 cm³/mol. The minimum atomic E-state index is -0.274. The van der Waals surface area contributed by atoms with Crippen LogP contribution in [0.5, 0.6) is 0 Å². The summed E-state index contributed by atoms with van der Waals surface area (Å²) in [6, 6.07) is 6.28. The van der Waals surface area contributed by atoms with E-state index in [1.807, 2.05) is 0 Å². The van der Waals surface area contributed by atoms with Gasteiger partial charge < -0.3 is 5.32 Å². The maximum absolute atomic E-state index is 13.0. The van der Waals surface area contributed by atoms with Gasteiger partial charge in [-0.3, -0.25) is 4.98 Å². The van der Waals surface area contributed by atoms with E-state index in [1.165, 1.54) is 12.1 Å². The normalized spacial score (nSPS) is 10.0. The Morgan fingerprint density at radius 3 is 2.87 bits per heavy atom. The van der Waals surface area contributed by atoms with Crippen LogP contribution in [0.2, 0.25) is 0 Å². The van der Waals surface area contributed by atoms with Crippen molar-refractivity contribution in [2.24, 2.45) is 0 Å². The molecule has 1 aromatic heterocycles. The molecule has 0 unspecified atom stereocenters. The van der Waals surface area contributed by atoms with Crippen LogP contribution in [0.1, 0.15) is 0 Å². The van der Waals surface area contributed by atoms with E-state index in [4.69, 9.17) is 0 Å².